The molecular formula is C20H26N4O. The lowest BCUT2D eigenvalue weighted by atomic mass is 9.93. The van der Waals surface area contributed by atoms with E-state index in [9.17, 15) is 4.79 Å². The number of imidazole rings is 1. The first kappa shape index (κ1) is 16.3. The zero-order chi connectivity index (χ0) is 17.4. The summed E-state index contributed by atoms with van der Waals surface area (Å²) < 4.78 is 0. The lowest BCUT2D eigenvalue weighted by molar-refractivity contribution is -0.135. The summed E-state index contributed by atoms with van der Waals surface area (Å²) in [6.45, 7) is 3.64. The fraction of sp³-hybridized carbons (Fsp3) is 0.500. The molecule has 5 nitrogen and oxygen atoms in total. The molecule has 25 heavy (non-hydrogen) atoms. The van der Waals surface area contributed by atoms with Crippen LogP contribution in [-0.2, 0) is 11.3 Å². The largest absolute Gasteiger partial charge is 0.345 e. The number of H-pyrrole nitrogens is 1. The summed E-state index contributed by atoms with van der Waals surface area (Å²) in [6, 6.07) is 11.4. The van der Waals surface area contributed by atoms with Gasteiger partial charge in [-0.25, -0.2) is 4.98 Å². The van der Waals surface area contributed by atoms with Crippen LogP contribution in [0.4, 0.5) is 0 Å². The highest BCUT2D eigenvalue weighted by molar-refractivity contribution is 5.80. The van der Waals surface area contributed by atoms with Crippen molar-refractivity contribution in [3.8, 4) is 0 Å². The minimum atomic E-state index is 0.0914. The summed E-state index contributed by atoms with van der Waals surface area (Å²) in [5.74, 6) is 1.20. The Kier molecular flexibility index (Phi) is 4.34. The van der Waals surface area contributed by atoms with Crippen molar-refractivity contribution in [3.63, 3.8) is 0 Å². The molecule has 2 fully saturated rings. The van der Waals surface area contributed by atoms with Crippen molar-refractivity contribution in [3.05, 3.63) is 53.6 Å². The first-order valence-corrected chi connectivity index (χ1v) is 9.19. The third kappa shape index (κ3) is 3.09. The second-order valence-corrected chi connectivity index (χ2v) is 7.42. The highest BCUT2D eigenvalue weighted by Gasteiger charge is 2.47. The third-order valence-electron chi connectivity index (χ3n) is 5.70. The Hall–Kier alpha value is -2.14. The molecule has 4 rings (SSSR count). The van der Waals surface area contributed by atoms with Crippen LogP contribution < -0.4 is 0 Å². The molecule has 3 heterocycles. The van der Waals surface area contributed by atoms with Crippen LogP contribution in [0.5, 0.6) is 0 Å². The highest BCUT2D eigenvalue weighted by Crippen LogP contribution is 2.45. The van der Waals surface area contributed by atoms with E-state index in [1.165, 1.54) is 12.0 Å². The second-order valence-electron chi connectivity index (χ2n) is 7.42. The predicted molar refractivity (Wildman–Crippen MR) is 96.8 cm³/mol. The zero-order valence-corrected chi connectivity index (χ0v) is 15.0. The van der Waals surface area contributed by atoms with E-state index in [2.05, 4.69) is 45.2 Å². The molecule has 2 aliphatic heterocycles. The summed E-state index contributed by atoms with van der Waals surface area (Å²) in [7, 11) is 1.90. The van der Waals surface area contributed by atoms with Gasteiger partial charge in [-0.1, -0.05) is 30.3 Å². The molecule has 0 radical (unpaired) electrons. The van der Waals surface area contributed by atoms with Gasteiger partial charge in [0.15, 0.2) is 0 Å². The van der Waals surface area contributed by atoms with Crippen LogP contribution in [0.1, 0.15) is 42.4 Å². The van der Waals surface area contributed by atoms with Crippen molar-refractivity contribution in [2.75, 3.05) is 13.6 Å². The third-order valence-corrected chi connectivity index (χ3v) is 5.70. The van der Waals surface area contributed by atoms with Gasteiger partial charge < -0.3 is 9.88 Å². The van der Waals surface area contributed by atoms with E-state index in [1.54, 1.807) is 0 Å². The number of aromatic nitrogens is 2. The Balaban J connectivity index is 1.50. The molecule has 5 heteroatoms. The van der Waals surface area contributed by atoms with Crippen molar-refractivity contribution in [1.82, 2.24) is 19.8 Å². The SMILES string of the molecule is Cc1cnc(CN(C)C(=O)[C@H]2C[C@@H](c3ccccc3)N3CCC[C@H]23)[nH]1. The number of hydrogen-bond acceptors (Lipinski definition) is 3. The maximum absolute atomic E-state index is 13.1. The van der Waals surface area contributed by atoms with Crippen LogP contribution in [-0.4, -0.2) is 45.3 Å². The van der Waals surface area contributed by atoms with Gasteiger partial charge in [0.05, 0.1) is 12.5 Å². The van der Waals surface area contributed by atoms with Gasteiger partial charge in [0.2, 0.25) is 5.91 Å². The molecule has 0 spiro atoms. The molecule has 0 saturated carbocycles. The summed E-state index contributed by atoms with van der Waals surface area (Å²) in [6.07, 6.45) is 5.06. The lowest BCUT2D eigenvalue weighted by Crippen LogP contribution is -2.38. The predicted octanol–water partition coefficient (Wildman–Crippen LogP) is 2.90. The summed E-state index contributed by atoms with van der Waals surface area (Å²) in [5.41, 5.74) is 2.37. The highest BCUT2D eigenvalue weighted by atomic mass is 16.2. The second kappa shape index (κ2) is 6.64. The average molecular weight is 338 g/mol. The van der Waals surface area contributed by atoms with Crippen LogP contribution >= 0.6 is 0 Å². The Bertz CT molecular complexity index is 741. The first-order valence-electron chi connectivity index (χ1n) is 9.19. The smallest absolute Gasteiger partial charge is 0.227 e. The molecule has 3 atom stereocenters. The van der Waals surface area contributed by atoms with Crippen molar-refractivity contribution in [2.24, 2.45) is 5.92 Å². The van der Waals surface area contributed by atoms with Crippen molar-refractivity contribution < 1.29 is 4.79 Å². The van der Waals surface area contributed by atoms with E-state index in [1.807, 2.05) is 25.1 Å². The maximum Gasteiger partial charge on any atom is 0.227 e. The Morgan fingerprint density at radius 1 is 1.36 bits per heavy atom. The molecule has 132 valence electrons. The first-order chi connectivity index (χ1) is 12.1. The minimum absolute atomic E-state index is 0.0914. The van der Waals surface area contributed by atoms with Gasteiger partial charge in [-0.05, 0) is 38.3 Å². The Labute approximate surface area is 149 Å². The van der Waals surface area contributed by atoms with Crippen LogP contribution in [0, 0.1) is 12.8 Å². The van der Waals surface area contributed by atoms with Crippen molar-refractivity contribution in [2.45, 2.75) is 44.8 Å². The number of nitrogens with one attached hydrogen (secondary N) is 1. The quantitative estimate of drug-likeness (QED) is 0.932. The number of carbonyl (C=O) groups excluding carboxylic acids is 1. The number of aromatic amines is 1. The molecular weight excluding hydrogens is 312 g/mol. The molecule has 1 aromatic carbocycles. The monoisotopic (exact) mass is 338 g/mol. The van der Waals surface area contributed by atoms with Crippen LogP contribution in [0.25, 0.3) is 0 Å². The average Bonchev–Trinajstić information content (AvgIpc) is 3.31. The number of hydrogen-bond donors (Lipinski definition) is 1. The molecule has 0 unspecified atom stereocenters. The van der Waals surface area contributed by atoms with Crippen molar-refractivity contribution in [1.29, 1.82) is 0 Å². The number of amides is 1. The van der Waals surface area contributed by atoms with E-state index in [0.29, 0.717) is 18.6 Å². The van der Waals surface area contributed by atoms with Crippen molar-refractivity contribution >= 4 is 5.91 Å². The Morgan fingerprint density at radius 2 is 2.16 bits per heavy atom. The molecule has 2 aliphatic rings. The van der Waals surface area contributed by atoms with E-state index < -0.39 is 0 Å². The summed E-state index contributed by atoms with van der Waals surface area (Å²) >= 11 is 0. The van der Waals surface area contributed by atoms with Crippen LogP contribution in [0.2, 0.25) is 0 Å². The van der Waals surface area contributed by atoms with Gasteiger partial charge in [0.25, 0.3) is 0 Å². The fourth-order valence-electron chi connectivity index (χ4n) is 4.57. The number of nitrogens with zero attached hydrogens (tertiary/aromatic N) is 3. The van der Waals surface area contributed by atoms with Crippen LogP contribution in [0.15, 0.2) is 36.5 Å². The van der Waals surface area contributed by atoms with Gasteiger partial charge in [-0.3, -0.25) is 9.69 Å². The van der Waals surface area contributed by atoms with E-state index in [0.717, 1.165) is 30.9 Å². The molecule has 2 aromatic rings. The maximum atomic E-state index is 13.1. The fourth-order valence-corrected chi connectivity index (χ4v) is 4.57. The lowest BCUT2D eigenvalue weighted by Gasteiger charge is -2.25. The minimum Gasteiger partial charge on any atom is -0.345 e. The number of benzene rings is 1. The van der Waals surface area contributed by atoms with Gasteiger partial charge >= 0.3 is 0 Å². The van der Waals surface area contributed by atoms with Crippen LogP contribution in [0.3, 0.4) is 0 Å². The molecule has 2 saturated heterocycles. The summed E-state index contributed by atoms with van der Waals surface area (Å²) in [4.78, 5) is 25.1. The van der Waals surface area contributed by atoms with E-state index >= 15 is 0 Å². The number of carbonyl (C=O) groups is 1. The normalized spacial score (nSPS) is 25.9. The van der Waals surface area contributed by atoms with E-state index in [-0.39, 0.29) is 11.8 Å². The number of fused-ring (bicyclic) bond motifs is 1. The molecule has 1 amide bonds. The molecule has 0 aliphatic carbocycles. The van der Waals surface area contributed by atoms with Gasteiger partial charge in [0.1, 0.15) is 5.82 Å². The number of aryl methyl sites for hydroxylation is 1. The standard InChI is InChI=1S/C20H26N4O/c1-14-12-21-19(22-14)13-23(2)20(25)16-11-18(15-7-4-3-5-8-15)24-10-6-9-17(16)24/h3-5,7-8,12,16-18H,6,9-11,13H2,1-2H3,(H,21,22)/t16-,17+,18-/m0/s1. The zero-order valence-electron chi connectivity index (χ0n) is 15.0. The van der Waals surface area contributed by atoms with E-state index in [4.69, 9.17) is 0 Å². The Morgan fingerprint density at radius 3 is 2.88 bits per heavy atom. The number of rotatable bonds is 4. The van der Waals surface area contributed by atoms with Gasteiger partial charge in [-0.15, -0.1) is 0 Å². The topological polar surface area (TPSA) is 52.2 Å². The van der Waals surface area contributed by atoms with Gasteiger partial charge in [-0.2, -0.15) is 0 Å². The molecule has 0 bridgehead atoms. The summed E-state index contributed by atoms with van der Waals surface area (Å²) in [5, 5.41) is 0. The van der Waals surface area contributed by atoms with Gasteiger partial charge in [0, 0.05) is 31.0 Å². The molecule has 1 aromatic heterocycles. The molecule has 1 N–H and O–H groups in total.